The highest BCUT2D eigenvalue weighted by atomic mass is 35.5. The van der Waals surface area contributed by atoms with Gasteiger partial charge in [0, 0.05) is 34.5 Å². The number of hydrogen-bond donors (Lipinski definition) is 1. The van der Waals surface area contributed by atoms with Gasteiger partial charge in [0.2, 0.25) is 0 Å². The molecule has 0 saturated carbocycles. The van der Waals surface area contributed by atoms with Crippen LogP contribution in [-0.2, 0) is 6.42 Å². The smallest absolute Gasteiger partial charge is 0.0674 e. The molecule has 1 aromatic carbocycles. The van der Waals surface area contributed by atoms with Crippen molar-refractivity contribution in [2.24, 2.45) is 0 Å². The molecular weight excluding hydrogens is 301 g/mol. The van der Waals surface area contributed by atoms with Crippen LogP contribution in [0.2, 0.25) is 10.0 Å². The molecule has 19 heavy (non-hydrogen) atoms. The first-order valence-electron chi connectivity index (χ1n) is 5.80. The van der Waals surface area contributed by atoms with Gasteiger partial charge in [-0.2, -0.15) is 0 Å². The minimum absolute atomic E-state index is 0.444. The molecule has 2 rings (SSSR count). The van der Waals surface area contributed by atoms with Gasteiger partial charge in [0.05, 0.1) is 11.1 Å². The quantitative estimate of drug-likeness (QED) is 0.844. The zero-order valence-electron chi connectivity index (χ0n) is 10.1. The Labute approximate surface area is 126 Å². The van der Waals surface area contributed by atoms with E-state index in [1.165, 1.54) is 0 Å². The van der Waals surface area contributed by atoms with Crippen molar-refractivity contribution in [1.82, 2.24) is 4.98 Å². The van der Waals surface area contributed by atoms with Crippen molar-refractivity contribution in [3.05, 3.63) is 58.3 Å². The Morgan fingerprint density at radius 3 is 2.58 bits per heavy atom. The van der Waals surface area contributed by atoms with Crippen molar-refractivity contribution in [1.29, 1.82) is 0 Å². The van der Waals surface area contributed by atoms with Crippen LogP contribution in [0.1, 0.15) is 5.56 Å². The second kappa shape index (κ2) is 7.15. The van der Waals surface area contributed by atoms with Gasteiger partial charge in [0.15, 0.2) is 0 Å². The number of nitrogens with zero attached hydrogens (tertiary/aromatic N) is 1. The molecule has 0 aliphatic rings. The van der Waals surface area contributed by atoms with E-state index in [0.29, 0.717) is 22.2 Å². The van der Waals surface area contributed by atoms with Crippen molar-refractivity contribution in [2.45, 2.75) is 17.4 Å². The monoisotopic (exact) mass is 313 g/mol. The molecular formula is C14H13Cl2NOS. The summed E-state index contributed by atoms with van der Waals surface area (Å²) in [7, 11) is 0. The van der Waals surface area contributed by atoms with Gasteiger partial charge in [-0.25, -0.2) is 0 Å². The average Bonchev–Trinajstić information content (AvgIpc) is 2.41. The molecule has 0 fully saturated rings. The Hall–Kier alpha value is -0.740. The second-order valence-electron chi connectivity index (χ2n) is 4.09. The van der Waals surface area contributed by atoms with Crippen molar-refractivity contribution in [3.8, 4) is 0 Å². The minimum atomic E-state index is -0.444. The number of aliphatic hydroxyl groups excluding tert-OH is 1. The van der Waals surface area contributed by atoms with Gasteiger partial charge in [0.1, 0.15) is 0 Å². The largest absolute Gasteiger partial charge is 0.392 e. The molecule has 2 aromatic rings. The van der Waals surface area contributed by atoms with E-state index in [4.69, 9.17) is 23.2 Å². The van der Waals surface area contributed by atoms with Crippen molar-refractivity contribution in [3.63, 3.8) is 0 Å². The van der Waals surface area contributed by atoms with Crippen LogP contribution in [-0.4, -0.2) is 21.9 Å². The van der Waals surface area contributed by atoms with E-state index >= 15 is 0 Å². The number of rotatable bonds is 5. The van der Waals surface area contributed by atoms with Gasteiger partial charge in [0.25, 0.3) is 0 Å². The summed E-state index contributed by atoms with van der Waals surface area (Å²) in [5, 5.41) is 11.3. The lowest BCUT2D eigenvalue weighted by molar-refractivity contribution is 0.200. The Morgan fingerprint density at radius 2 is 1.89 bits per heavy atom. The van der Waals surface area contributed by atoms with Crippen LogP contribution in [0.4, 0.5) is 0 Å². The summed E-state index contributed by atoms with van der Waals surface area (Å²) >= 11 is 13.4. The molecule has 1 heterocycles. The molecule has 0 bridgehead atoms. The highest BCUT2D eigenvalue weighted by Gasteiger charge is 2.09. The predicted octanol–water partition coefficient (Wildman–Crippen LogP) is 4.08. The Bertz CT molecular complexity index is 533. The second-order valence-corrected chi connectivity index (χ2v) is 6.03. The number of hydrogen-bond acceptors (Lipinski definition) is 3. The van der Waals surface area contributed by atoms with E-state index in [1.54, 1.807) is 24.2 Å². The topological polar surface area (TPSA) is 33.1 Å². The summed E-state index contributed by atoms with van der Waals surface area (Å²) in [4.78, 5) is 5.01. The Kier molecular flexibility index (Phi) is 5.52. The maximum atomic E-state index is 10.0. The molecule has 1 atom stereocenters. The van der Waals surface area contributed by atoms with Crippen molar-refractivity contribution < 1.29 is 5.11 Å². The molecule has 0 amide bonds. The molecule has 2 nitrogen and oxygen atoms in total. The summed E-state index contributed by atoms with van der Waals surface area (Å²) in [6.07, 6.45) is 3.36. The first-order valence-corrected chi connectivity index (χ1v) is 7.54. The number of halogens is 2. The van der Waals surface area contributed by atoms with Crippen molar-refractivity contribution >= 4 is 35.0 Å². The number of thioether (sulfide) groups is 1. The lowest BCUT2D eigenvalue weighted by Crippen LogP contribution is -2.13. The molecule has 1 N–H and O–H groups in total. The fraction of sp³-hybridized carbons (Fsp3) is 0.214. The predicted molar refractivity (Wildman–Crippen MR) is 81.1 cm³/mol. The Balaban J connectivity index is 1.86. The van der Waals surface area contributed by atoms with Crippen LogP contribution in [0.3, 0.4) is 0 Å². The molecule has 0 saturated heterocycles. The molecule has 0 spiro atoms. The van der Waals surface area contributed by atoms with Crippen LogP contribution in [0.5, 0.6) is 0 Å². The number of benzene rings is 1. The summed E-state index contributed by atoms with van der Waals surface area (Å²) in [5.74, 6) is 0.611. The van der Waals surface area contributed by atoms with Crippen molar-refractivity contribution in [2.75, 3.05) is 5.75 Å². The zero-order valence-corrected chi connectivity index (χ0v) is 12.4. The fourth-order valence-electron chi connectivity index (χ4n) is 1.61. The van der Waals surface area contributed by atoms with Crippen LogP contribution in [0.25, 0.3) is 0 Å². The lowest BCUT2D eigenvalue weighted by atomic mass is 10.1. The summed E-state index contributed by atoms with van der Waals surface area (Å²) < 4.78 is 0. The van der Waals surface area contributed by atoms with E-state index in [2.05, 4.69) is 4.98 Å². The van der Waals surface area contributed by atoms with Gasteiger partial charge >= 0.3 is 0 Å². The zero-order chi connectivity index (χ0) is 13.7. The van der Waals surface area contributed by atoms with Crippen LogP contribution in [0, 0.1) is 0 Å². The average molecular weight is 314 g/mol. The first kappa shape index (κ1) is 14.7. The molecule has 0 aliphatic carbocycles. The van der Waals surface area contributed by atoms with Crippen LogP contribution >= 0.6 is 35.0 Å². The van der Waals surface area contributed by atoms with E-state index in [-0.39, 0.29) is 0 Å². The summed E-state index contributed by atoms with van der Waals surface area (Å²) in [5.41, 5.74) is 0.917. The third-order valence-electron chi connectivity index (χ3n) is 2.57. The summed E-state index contributed by atoms with van der Waals surface area (Å²) in [6, 6.07) is 9.41. The standard InChI is InChI=1S/C14H13Cl2NOS/c15-11-1-3-13(4-2-11)19-9-12(18)7-10-5-6-17-8-14(10)16/h1-6,8,12,18H,7,9H2. The molecule has 1 aromatic heterocycles. The Morgan fingerprint density at radius 1 is 1.16 bits per heavy atom. The third-order valence-corrected chi connectivity index (χ3v) is 4.32. The number of aliphatic hydroxyl groups is 1. The normalized spacial score (nSPS) is 12.4. The van der Waals surface area contributed by atoms with E-state index < -0.39 is 6.10 Å². The molecule has 0 aliphatic heterocycles. The first-order chi connectivity index (χ1) is 9.15. The third kappa shape index (κ3) is 4.69. The molecule has 0 radical (unpaired) electrons. The van der Waals surface area contributed by atoms with Gasteiger partial charge < -0.3 is 5.11 Å². The van der Waals surface area contributed by atoms with Gasteiger partial charge in [-0.1, -0.05) is 23.2 Å². The number of aromatic nitrogens is 1. The maximum Gasteiger partial charge on any atom is 0.0674 e. The van der Waals surface area contributed by atoms with Gasteiger partial charge in [-0.15, -0.1) is 11.8 Å². The van der Waals surface area contributed by atoms with E-state index in [1.807, 2.05) is 30.3 Å². The van der Waals surface area contributed by atoms with Gasteiger partial charge in [-0.3, -0.25) is 4.98 Å². The summed E-state index contributed by atoms with van der Waals surface area (Å²) in [6.45, 7) is 0. The lowest BCUT2D eigenvalue weighted by Gasteiger charge is -2.11. The SMILES string of the molecule is OC(CSc1ccc(Cl)cc1)Cc1ccncc1Cl. The van der Waals surface area contributed by atoms with Crippen LogP contribution in [0.15, 0.2) is 47.6 Å². The number of pyridine rings is 1. The van der Waals surface area contributed by atoms with E-state index in [0.717, 1.165) is 10.5 Å². The molecule has 1 unspecified atom stereocenters. The van der Waals surface area contributed by atoms with Crippen LogP contribution < -0.4 is 0 Å². The van der Waals surface area contributed by atoms with E-state index in [9.17, 15) is 5.11 Å². The van der Waals surface area contributed by atoms with Gasteiger partial charge in [-0.05, 0) is 35.9 Å². The maximum absolute atomic E-state index is 10.0. The highest BCUT2D eigenvalue weighted by molar-refractivity contribution is 7.99. The highest BCUT2D eigenvalue weighted by Crippen LogP contribution is 2.23. The minimum Gasteiger partial charge on any atom is -0.392 e. The molecule has 100 valence electrons. The fourth-order valence-corrected chi connectivity index (χ4v) is 2.76. The molecule has 5 heteroatoms.